The summed E-state index contributed by atoms with van der Waals surface area (Å²) in [4.78, 5) is 0. The highest BCUT2D eigenvalue weighted by molar-refractivity contribution is 5.38. The lowest BCUT2D eigenvalue weighted by Gasteiger charge is -2.44. The van der Waals surface area contributed by atoms with Crippen LogP contribution in [0.15, 0.2) is 35.5 Å². The summed E-state index contributed by atoms with van der Waals surface area (Å²) in [6.07, 6.45) is 11.0. The van der Waals surface area contributed by atoms with Crippen LogP contribution in [0.4, 0.5) is 0 Å². The van der Waals surface area contributed by atoms with E-state index in [0.29, 0.717) is 37.7 Å². The topological polar surface area (TPSA) is 69.9 Å². The van der Waals surface area contributed by atoms with Crippen molar-refractivity contribution in [2.45, 2.75) is 103 Å². The SMILES string of the molecule is C=C1/C(=C\C=C2CCC[C@]3(C)[C@@H]([C@H](C)OCCC(C)(C)O)CC[C@@H]23)C[C@@H](O)C[C@@H]1O. The van der Waals surface area contributed by atoms with E-state index in [-0.39, 0.29) is 11.5 Å². The van der Waals surface area contributed by atoms with Crippen LogP contribution in [-0.2, 0) is 4.74 Å². The van der Waals surface area contributed by atoms with Crippen LogP contribution >= 0.6 is 0 Å². The van der Waals surface area contributed by atoms with E-state index in [1.807, 2.05) is 13.8 Å². The lowest BCUT2D eigenvalue weighted by molar-refractivity contribution is -0.0454. The smallest absolute Gasteiger partial charge is 0.0811 e. The van der Waals surface area contributed by atoms with E-state index in [1.54, 1.807) is 0 Å². The summed E-state index contributed by atoms with van der Waals surface area (Å²) in [5.74, 6) is 1.11. The molecule has 0 aromatic heterocycles. The molecule has 3 aliphatic carbocycles. The van der Waals surface area contributed by atoms with Gasteiger partial charge in [-0.3, -0.25) is 0 Å². The fourth-order valence-corrected chi connectivity index (χ4v) is 6.13. The summed E-state index contributed by atoms with van der Waals surface area (Å²) in [6, 6.07) is 0. The summed E-state index contributed by atoms with van der Waals surface area (Å²) >= 11 is 0. The zero-order valence-electron chi connectivity index (χ0n) is 19.4. The first-order valence-corrected chi connectivity index (χ1v) is 11.8. The van der Waals surface area contributed by atoms with Crippen LogP contribution in [0.1, 0.15) is 79.1 Å². The van der Waals surface area contributed by atoms with Crippen molar-refractivity contribution < 1.29 is 20.1 Å². The Morgan fingerprint density at radius 1 is 1.27 bits per heavy atom. The lowest BCUT2D eigenvalue weighted by atomic mass is 9.62. The van der Waals surface area contributed by atoms with Gasteiger partial charge in [0.25, 0.3) is 0 Å². The average molecular weight is 419 g/mol. The Morgan fingerprint density at radius 2 is 2.00 bits per heavy atom. The fourth-order valence-electron chi connectivity index (χ4n) is 6.13. The minimum Gasteiger partial charge on any atom is -0.393 e. The van der Waals surface area contributed by atoms with Crippen molar-refractivity contribution in [1.82, 2.24) is 0 Å². The van der Waals surface area contributed by atoms with Crippen molar-refractivity contribution in [3.05, 3.63) is 35.5 Å². The molecule has 0 heterocycles. The predicted molar refractivity (Wildman–Crippen MR) is 121 cm³/mol. The number of hydrogen-bond acceptors (Lipinski definition) is 4. The number of allylic oxidation sites excluding steroid dienone is 3. The van der Waals surface area contributed by atoms with Gasteiger partial charge in [0, 0.05) is 13.0 Å². The Bertz CT molecular complexity index is 686. The molecule has 0 aromatic rings. The van der Waals surface area contributed by atoms with Gasteiger partial charge in [-0.2, -0.15) is 0 Å². The van der Waals surface area contributed by atoms with Crippen molar-refractivity contribution in [1.29, 1.82) is 0 Å². The standard InChI is InChI=1S/C26H42O4/c1-17-20(15-21(27)16-24(17)28)9-8-19-7-6-12-26(5)22(10-11-23(19)26)18(2)30-14-13-25(3,4)29/h8-9,18,21-24,27-29H,1,6-7,10-16H2,2-5H3/b19-8?,20-9-/t18-,21+,22+,23-,24-,26+/m0/s1. The molecule has 3 aliphatic rings. The van der Waals surface area contributed by atoms with Gasteiger partial charge in [-0.25, -0.2) is 0 Å². The van der Waals surface area contributed by atoms with Crippen LogP contribution in [0, 0.1) is 17.3 Å². The molecule has 3 N–H and O–H groups in total. The largest absolute Gasteiger partial charge is 0.393 e. The second kappa shape index (κ2) is 9.28. The molecular formula is C26H42O4. The van der Waals surface area contributed by atoms with Gasteiger partial charge in [0.15, 0.2) is 0 Å². The molecule has 30 heavy (non-hydrogen) atoms. The molecule has 0 aliphatic heterocycles. The summed E-state index contributed by atoms with van der Waals surface area (Å²) in [5, 5.41) is 30.1. The second-order valence-electron chi connectivity index (χ2n) is 10.8. The molecular weight excluding hydrogens is 376 g/mol. The molecule has 0 unspecified atom stereocenters. The Kier molecular flexibility index (Phi) is 7.33. The van der Waals surface area contributed by atoms with Crippen LogP contribution in [0.25, 0.3) is 0 Å². The molecule has 0 spiro atoms. The Balaban J connectivity index is 1.70. The van der Waals surface area contributed by atoms with Crippen molar-refractivity contribution >= 4 is 0 Å². The van der Waals surface area contributed by atoms with E-state index < -0.39 is 17.8 Å². The third-order valence-corrected chi connectivity index (χ3v) is 7.96. The van der Waals surface area contributed by atoms with Gasteiger partial charge in [-0.05, 0) is 94.1 Å². The molecule has 6 atom stereocenters. The number of fused-ring (bicyclic) bond motifs is 1. The minimum atomic E-state index is -0.680. The molecule has 4 nitrogen and oxygen atoms in total. The van der Waals surface area contributed by atoms with E-state index in [4.69, 9.17) is 4.74 Å². The number of ether oxygens (including phenoxy) is 1. The lowest BCUT2D eigenvalue weighted by Crippen LogP contribution is -2.39. The monoisotopic (exact) mass is 418 g/mol. The third kappa shape index (κ3) is 5.27. The maximum absolute atomic E-state index is 10.1. The highest BCUT2D eigenvalue weighted by Crippen LogP contribution is 2.58. The number of hydrogen-bond donors (Lipinski definition) is 3. The number of rotatable bonds is 6. The molecule has 0 radical (unpaired) electrons. The van der Waals surface area contributed by atoms with E-state index in [1.165, 1.54) is 31.3 Å². The molecule has 3 fully saturated rings. The van der Waals surface area contributed by atoms with Gasteiger partial charge in [-0.1, -0.05) is 31.2 Å². The first-order chi connectivity index (χ1) is 14.0. The summed E-state index contributed by atoms with van der Waals surface area (Å²) in [5.41, 5.74) is 2.82. The first-order valence-electron chi connectivity index (χ1n) is 11.8. The number of aliphatic hydroxyl groups excluding tert-OH is 2. The molecule has 0 amide bonds. The maximum Gasteiger partial charge on any atom is 0.0811 e. The number of aliphatic hydroxyl groups is 3. The van der Waals surface area contributed by atoms with Gasteiger partial charge in [-0.15, -0.1) is 0 Å². The highest BCUT2D eigenvalue weighted by Gasteiger charge is 2.51. The minimum absolute atomic E-state index is 0.198. The normalized spacial score (nSPS) is 38.8. The summed E-state index contributed by atoms with van der Waals surface area (Å²) in [7, 11) is 0. The average Bonchev–Trinajstić information content (AvgIpc) is 3.00. The molecule has 0 aromatic carbocycles. The van der Waals surface area contributed by atoms with Gasteiger partial charge in [0.1, 0.15) is 0 Å². The van der Waals surface area contributed by atoms with Gasteiger partial charge in [0.05, 0.1) is 23.9 Å². The van der Waals surface area contributed by atoms with E-state index >= 15 is 0 Å². The maximum atomic E-state index is 10.1. The second-order valence-corrected chi connectivity index (χ2v) is 10.8. The Labute approximate surface area is 182 Å². The van der Waals surface area contributed by atoms with Crippen LogP contribution in [0.5, 0.6) is 0 Å². The molecule has 3 saturated carbocycles. The summed E-state index contributed by atoms with van der Waals surface area (Å²) in [6.45, 7) is 13.0. The van der Waals surface area contributed by atoms with E-state index in [2.05, 4.69) is 32.6 Å². The zero-order valence-corrected chi connectivity index (χ0v) is 19.4. The van der Waals surface area contributed by atoms with E-state index in [9.17, 15) is 15.3 Å². The molecule has 3 rings (SSSR count). The van der Waals surface area contributed by atoms with Crippen molar-refractivity contribution in [2.24, 2.45) is 17.3 Å². The molecule has 170 valence electrons. The third-order valence-electron chi connectivity index (χ3n) is 7.96. The highest BCUT2D eigenvalue weighted by atomic mass is 16.5. The van der Waals surface area contributed by atoms with Crippen LogP contribution in [-0.4, -0.2) is 45.8 Å². The first kappa shape index (κ1) is 23.7. The predicted octanol–water partition coefficient (Wildman–Crippen LogP) is 4.69. The van der Waals surface area contributed by atoms with E-state index in [0.717, 1.165) is 17.6 Å². The molecule has 4 heteroatoms. The Hall–Kier alpha value is -0.940. The van der Waals surface area contributed by atoms with Crippen molar-refractivity contribution in [3.8, 4) is 0 Å². The van der Waals surface area contributed by atoms with Gasteiger partial charge < -0.3 is 20.1 Å². The summed E-state index contributed by atoms with van der Waals surface area (Å²) < 4.78 is 6.19. The van der Waals surface area contributed by atoms with Gasteiger partial charge in [0.2, 0.25) is 0 Å². The van der Waals surface area contributed by atoms with Crippen LogP contribution in [0.3, 0.4) is 0 Å². The molecule has 0 saturated heterocycles. The zero-order chi connectivity index (χ0) is 22.1. The van der Waals surface area contributed by atoms with Gasteiger partial charge >= 0.3 is 0 Å². The Morgan fingerprint density at radius 3 is 2.70 bits per heavy atom. The fraction of sp³-hybridized carbons (Fsp3) is 0.769. The van der Waals surface area contributed by atoms with Crippen LogP contribution in [0.2, 0.25) is 0 Å². The van der Waals surface area contributed by atoms with Crippen LogP contribution < -0.4 is 0 Å². The van der Waals surface area contributed by atoms with Crippen molar-refractivity contribution in [3.63, 3.8) is 0 Å². The van der Waals surface area contributed by atoms with Crippen molar-refractivity contribution in [2.75, 3.05) is 6.61 Å². The quantitative estimate of drug-likeness (QED) is 0.585. The molecule has 0 bridgehead atoms.